The van der Waals surface area contributed by atoms with E-state index in [9.17, 15) is 4.39 Å². The summed E-state index contributed by atoms with van der Waals surface area (Å²) in [5.41, 5.74) is 2.12. The number of halogens is 1. The fourth-order valence-corrected chi connectivity index (χ4v) is 3.32. The number of ether oxygens (including phenoxy) is 1. The maximum Gasteiger partial charge on any atom is 0.193 e. The van der Waals surface area contributed by atoms with Crippen LogP contribution < -0.4 is 10.1 Å². The second kappa shape index (κ2) is 8.21. The number of aliphatic imine (C=N–C) groups is 1. The number of nitrogens with one attached hydrogen (secondary N) is 1. The van der Waals surface area contributed by atoms with Crippen LogP contribution in [0.25, 0.3) is 0 Å². The molecule has 1 aromatic carbocycles. The molecule has 3 rings (SSSR count). The molecule has 0 amide bonds. The number of benzene rings is 1. The van der Waals surface area contributed by atoms with Crippen LogP contribution in [0.2, 0.25) is 0 Å². The minimum atomic E-state index is -0.334. The smallest absolute Gasteiger partial charge is 0.193 e. The van der Waals surface area contributed by atoms with Crippen molar-refractivity contribution in [1.29, 1.82) is 0 Å². The fourth-order valence-electron chi connectivity index (χ4n) is 3.32. The van der Waals surface area contributed by atoms with Crippen molar-refractivity contribution in [2.75, 3.05) is 26.7 Å². The van der Waals surface area contributed by atoms with Gasteiger partial charge in [0.2, 0.25) is 0 Å². The van der Waals surface area contributed by atoms with Crippen molar-refractivity contribution in [3.8, 4) is 5.75 Å². The van der Waals surface area contributed by atoms with Crippen molar-refractivity contribution >= 4 is 5.96 Å². The zero-order valence-electron chi connectivity index (χ0n) is 15.6. The summed E-state index contributed by atoms with van der Waals surface area (Å²) < 4.78 is 21.1. The highest BCUT2D eigenvalue weighted by Gasteiger charge is 2.26. The average molecular weight is 359 g/mol. The molecule has 140 valence electrons. The molecule has 1 N–H and O–H groups in total. The van der Waals surface area contributed by atoms with Crippen LogP contribution in [-0.4, -0.2) is 47.4 Å². The lowest BCUT2D eigenvalue weighted by Crippen LogP contribution is -2.39. The molecule has 0 saturated carbocycles. The number of likely N-dealkylation sites (tertiary alicyclic amines) is 1. The van der Waals surface area contributed by atoms with E-state index >= 15 is 0 Å². The van der Waals surface area contributed by atoms with Gasteiger partial charge in [-0.05, 0) is 36.6 Å². The lowest BCUT2D eigenvalue weighted by molar-refractivity contribution is 0.321. The van der Waals surface area contributed by atoms with Crippen LogP contribution in [-0.2, 0) is 13.6 Å². The SMILES string of the molecule is CCOc1ccc(CNC(=NC)N2CCC(c3cnn(C)c3)C2)cc1F. The standard InChI is InChI=1S/C19H26FN5O/c1-4-26-18-6-5-14(9-17(18)20)10-22-19(21-2)25-8-7-15(13-25)16-11-23-24(3)12-16/h5-6,9,11-12,15H,4,7-8,10,13H2,1-3H3,(H,21,22). The maximum absolute atomic E-state index is 14.0. The Kier molecular flexibility index (Phi) is 5.75. The van der Waals surface area contributed by atoms with Crippen molar-refractivity contribution in [3.05, 3.63) is 47.5 Å². The Morgan fingerprint density at radius 3 is 2.96 bits per heavy atom. The van der Waals surface area contributed by atoms with Crippen LogP contribution in [0.4, 0.5) is 4.39 Å². The van der Waals surface area contributed by atoms with E-state index in [0.717, 1.165) is 31.0 Å². The molecule has 7 heteroatoms. The van der Waals surface area contributed by atoms with E-state index in [1.165, 1.54) is 11.6 Å². The van der Waals surface area contributed by atoms with Crippen LogP contribution >= 0.6 is 0 Å². The minimum absolute atomic E-state index is 0.291. The first kappa shape index (κ1) is 18.2. The molecule has 6 nitrogen and oxygen atoms in total. The van der Waals surface area contributed by atoms with Crippen molar-refractivity contribution in [3.63, 3.8) is 0 Å². The molecule has 2 aromatic rings. The summed E-state index contributed by atoms with van der Waals surface area (Å²) in [6.45, 7) is 4.66. The lowest BCUT2D eigenvalue weighted by atomic mass is 10.0. The number of hydrogen-bond donors (Lipinski definition) is 1. The van der Waals surface area contributed by atoms with Gasteiger partial charge in [-0.15, -0.1) is 0 Å². The molecule has 1 unspecified atom stereocenters. The van der Waals surface area contributed by atoms with Crippen molar-refractivity contribution in [2.45, 2.75) is 25.8 Å². The van der Waals surface area contributed by atoms with Gasteiger partial charge in [0.1, 0.15) is 0 Å². The van der Waals surface area contributed by atoms with Crippen LogP contribution in [0.3, 0.4) is 0 Å². The second-order valence-electron chi connectivity index (χ2n) is 6.48. The summed E-state index contributed by atoms with van der Waals surface area (Å²) in [5.74, 6) is 1.26. The Balaban J connectivity index is 1.58. The number of hydrogen-bond acceptors (Lipinski definition) is 3. The highest BCUT2D eigenvalue weighted by atomic mass is 19.1. The Morgan fingerprint density at radius 2 is 2.31 bits per heavy atom. The van der Waals surface area contributed by atoms with E-state index in [0.29, 0.717) is 24.8 Å². The third-order valence-corrected chi connectivity index (χ3v) is 4.64. The van der Waals surface area contributed by atoms with Gasteiger partial charge in [-0.1, -0.05) is 6.07 Å². The zero-order valence-corrected chi connectivity index (χ0v) is 15.6. The van der Waals surface area contributed by atoms with Gasteiger partial charge in [0.05, 0.1) is 12.8 Å². The normalized spacial score (nSPS) is 17.6. The molecule has 1 atom stereocenters. The molecule has 0 spiro atoms. The van der Waals surface area contributed by atoms with Gasteiger partial charge in [-0.3, -0.25) is 9.67 Å². The molecule has 1 aliphatic heterocycles. The first-order chi connectivity index (χ1) is 12.6. The Bertz CT molecular complexity index is 773. The molecule has 0 bridgehead atoms. The van der Waals surface area contributed by atoms with Gasteiger partial charge >= 0.3 is 0 Å². The molecule has 2 heterocycles. The van der Waals surface area contributed by atoms with E-state index in [1.807, 2.05) is 30.9 Å². The molecule has 1 saturated heterocycles. The highest BCUT2D eigenvalue weighted by Crippen LogP contribution is 2.26. The summed E-state index contributed by atoms with van der Waals surface area (Å²) in [5, 5.41) is 7.59. The predicted octanol–water partition coefficient (Wildman–Crippen LogP) is 2.52. The summed E-state index contributed by atoms with van der Waals surface area (Å²) >= 11 is 0. The van der Waals surface area contributed by atoms with Gasteiger partial charge in [-0.25, -0.2) is 4.39 Å². The molecular weight excluding hydrogens is 333 g/mol. The second-order valence-corrected chi connectivity index (χ2v) is 6.48. The molecule has 1 aromatic heterocycles. The molecule has 26 heavy (non-hydrogen) atoms. The maximum atomic E-state index is 14.0. The fraction of sp³-hybridized carbons (Fsp3) is 0.474. The number of rotatable bonds is 5. The summed E-state index contributed by atoms with van der Waals surface area (Å²) in [6.07, 6.45) is 5.09. The van der Waals surface area contributed by atoms with Gasteiger partial charge in [-0.2, -0.15) is 5.10 Å². The molecular formula is C19H26FN5O. The predicted molar refractivity (Wildman–Crippen MR) is 99.9 cm³/mol. The van der Waals surface area contributed by atoms with E-state index in [2.05, 4.69) is 26.5 Å². The van der Waals surface area contributed by atoms with E-state index < -0.39 is 0 Å². The number of aryl methyl sites for hydroxylation is 1. The Labute approximate surface area is 153 Å². The largest absolute Gasteiger partial charge is 0.491 e. The quantitative estimate of drug-likeness (QED) is 0.658. The average Bonchev–Trinajstić information content (AvgIpc) is 3.27. The summed E-state index contributed by atoms with van der Waals surface area (Å²) in [6, 6.07) is 5.05. The number of aromatic nitrogens is 2. The number of guanidine groups is 1. The van der Waals surface area contributed by atoms with Gasteiger partial charge in [0.15, 0.2) is 17.5 Å². The third-order valence-electron chi connectivity index (χ3n) is 4.64. The Morgan fingerprint density at radius 1 is 1.46 bits per heavy atom. The molecule has 0 radical (unpaired) electrons. The monoisotopic (exact) mass is 359 g/mol. The van der Waals surface area contributed by atoms with Crippen molar-refractivity contribution in [2.24, 2.45) is 12.0 Å². The van der Waals surface area contributed by atoms with E-state index in [-0.39, 0.29) is 5.82 Å². The van der Waals surface area contributed by atoms with Gasteiger partial charge in [0.25, 0.3) is 0 Å². The van der Waals surface area contributed by atoms with Crippen molar-refractivity contribution < 1.29 is 9.13 Å². The van der Waals surface area contributed by atoms with E-state index in [4.69, 9.17) is 4.74 Å². The van der Waals surface area contributed by atoms with Crippen LogP contribution in [0.15, 0.2) is 35.6 Å². The van der Waals surface area contributed by atoms with Gasteiger partial charge < -0.3 is 15.0 Å². The first-order valence-electron chi connectivity index (χ1n) is 8.96. The van der Waals surface area contributed by atoms with E-state index in [1.54, 1.807) is 13.1 Å². The van der Waals surface area contributed by atoms with Gasteiger partial charge in [0, 0.05) is 45.8 Å². The zero-order chi connectivity index (χ0) is 18.5. The van der Waals surface area contributed by atoms with Crippen LogP contribution in [0.5, 0.6) is 5.75 Å². The summed E-state index contributed by atoms with van der Waals surface area (Å²) in [7, 11) is 3.71. The third kappa shape index (κ3) is 4.15. The first-order valence-corrected chi connectivity index (χ1v) is 8.96. The minimum Gasteiger partial charge on any atom is -0.491 e. The van der Waals surface area contributed by atoms with Crippen molar-refractivity contribution in [1.82, 2.24) is 20.0 Å². The summed E-state index contributed by atoms with van der Waals surface area (Å²) in [4.78, 5) is 6.62. The number of nitrogens with zero attached hydrogens (tertiary/aromatic N) is 4. The lowest BCUT2D eigenvalue weighted by Gasteiger charge is -2.21. The molecule has 1 aliphatic rings. The molecule has 0 aliphatic carbocycles. The highest BCUT2D eigenvalue weighted by molar-refractivity contribution is 5.80. The topological polar surface area (TPSA) is 54.7 Å². The van der Waals surface area contributed by atoms with Crippen LogP contribution in [0, 0.1) is 5.82 Å². The van der Waals surface area contributed by atoms with Crippen LogP contribution in [0.1, 0.15) is 30.4 Å². The molecule has 1 fully saturated rings. The Hall–Kier alpha value is -2.57.